The Balaban J connectivity index is 2.09. The number of carbonyl (C=O) groups is 1. The maximum atomic E-state index is 12.0. The van der Waals surface area contributed by atoms with Crippen molar-refractivity contribution in [3.05, 3.63) is 40.5 Å². The van der Waals surface area contributed by atoms with Crippen molar-refractivity contribution >= 4 is 23.3 Å². The van der Waals surface area contributed by atoms with Gasteiger partial charge in [-0.15, -0.1) is 0 Å². The number of halogens is 1. The quantitative estimate of drug-likeness (QED) is 0.894. The number of aromatic hydroxyl groups is 1. The molecule has 2 aromatic rings. The normalized spacial score (nSPS) is 17.7. The lowest BCUT2D eigenvalue weighted by molar-refractivity contribution is -0.116. The van der Waals surface area contributed by atoms with Crippen LogP contribution in [0.25, 0.3) is 0 Å². The second-order valence-electron chi connectivity index (χ2n) is 5.50. The highest BCUT2D eigenvalue weighted by Gasteiger charge is 2.30. The molecule has 1 amide bonds. The van der Waals surface area contributed by atoms with Crippen LogP contribution in [0.15, 0.2) is 24.4 Å². The number of aromatic nitrogens is 2. The summed E-state index contributed by atoms with van der Waals surface area (Å²) in [4.78, 5) is 12.0. The summed E-state index contributed by atoms with van der Waals surface area (Å²) >= 11 is 5.98. The van der Waals surface area contributed by atoms with Crippen molar-refractivity contribution < 1.29 is 9.90 Å². The number of fused-ring (bicyclic) bond motifs is 1. The Morgan fingerprint density at radius 1 is 1.48 bits per heavy atom. The lowest BCUT2D eigenvalue weighted by Gasteiger charge is -2.24. The second kappa shape index (κ2) is 5.07. The Hall–Kier alpha value is -2.01. The van der Waals surface area contributed by atoms with Gasteiger partial charge in [0.05, 0.1) is 11.2 Å². The van der Waals surface area contributed by atoms with Crippen LogP contribution in [0.2, 0.25) is 5.02 Å². The first kappa shape index (κ1) is 13.9. The molecule has 0 spiro atoms. The van der Waals surface area contributed by atoms with Crippen LogP contribution in [-0.4, -0.2) is 20.8 Å². The average molecular weight is 306 g/mol. The molecule has 0 saturated heterocycles. The minimum absolute atomic E-state index is 0.0405. The Morgan fingerprint density at radius 2 is 2.24 bits per heavy atom. The van der Waals surface area contributed by atoms with E-state index in [4.69, 9.17) is 11.6 Å². The monoisotopic (exact) mass is 305 g/mol. The van der Waals surface area contributed by atoms with Gasteiger partial charge in [-0.2, -0.15) is 5.10 Å². The van der Waals surface area contributed by atoms with E-state index < -0.39 is 0 Å². The van der Waals surface area contributed by atoms with E-state index in [9.17, 15) is 9.90 Å². The molecule has 0 saturated carbocycles. The summed E-state index contributed by atoms with van der Waals surface area (Å²) in [5.41, 5.74) is 1.88. The summed E-state index contributed by atoms with van der Waals surface area (Å²) in [6.45, 7) is 4.03. The van der Waals surface area contributed by atoms with Crippen molar-refractivity contribution in [3.8, 4) is 5.75 Å². The molecule has 2 N–H and O–H groups in total. The summed E-state index contributed by atoms with van der Waals surface area (Å²) in [6.07, 6.45) is 2.14. The van der Waals surface area contributed by atoms with Gasteiger partial charge in [-0.25, -0.2) is 4.68 Å². The Bertz CT molecular complexity index is 709. The van der Waals surface area contributed by atoms with Crippen LogP contribution in [-0.2, 0) is 4.79 Å². The van der Waals surface area contributed by atoms with Crippen LogP contribution in [0.3, 0.4) is 0 Å². The number of carbonyl (C=O) groups excluding carboxylic acids is 1. The maximum Gasteiger partial charge on any atom is 0.226 e. The Labute approximate surface area is 127 Å². The van der Waals surface area contributed by atoms with Crippen LogP contribution >= 0.6 is 11.6 Å². The van der Waals surface area contributed by atoms with E-state index in [1.54, 1.807) is 29.1 Å². The third kappa shape index (κ3) is 2.38. The van der Waals surface area contributed by atoms with Crippen molar-refractivity contribution in [2.45, 2.75) is 32.2 Å². The van der Waals surface area contributed by atoms with E-state index in [0.29, 0.717) is 6.42 Å². The van der Waals surface area contributed by atoms with E-state index >= 15 is 0 Å². The number of nitrogens with one attached hydrogen (secondary N) is 1. The molecule has 0 aliphatic carbocycles. The number of hydrogen-bond acceptors (Lipinski definition) is 3. The molecule has 1 aliphatic heterocycles. The number of rotatable bonds is 2. The largest absolute Gasteiger partial charge is 0.506 e. The van der Waals surface area contributed by atoms with Gasteiger partial charge in [0.1, 0.15) is 11.6 Å². The van der Waals surface area contributed by atoms with Gasteiger partial charge in [-0.05, 0) is 31.5 Å². The SMILES string of the molecule is CC(C)n1ncc2c1NC(=O)C[C@H]2c1ccc(O)c(Cl)c1. The molecular weight excluding hydrogens is 290 g/mol. The first-order valence-corrected chi connectivity index (χ1v) is 7.21. The van der Waals surface area contributed by atoms with Gasteiger partial charge in [-0.1, -0.05) is 17.7 Å². The van der Waals surface area contributed by atoms with E-state index in [2.05, 4.69) is 10.4 Å². The van der Waals surface area contributed by atoms with Gasteiger partial charge in [-0.3, -0.25) is 4.79 Å². The highest BCUT2D eigenvalue weighted by atomic mass is 35.5. The van der Waals surface area contributed by atoms with Crippen LogP contribution in [0.4, 0.5) is 5.82 Å². The highest BCUT2D eigenvalue weighted by Crippen LogP contribution is 2.39. The summed E-state index contributed by atoms with van der Waals surface area (Å²) in [5, 5.41) is 17.1. The molecule has 0 bridgehead atoms. The molecule has 1 aromatic carbocycles. The van der Waals surface area contributed by atoms with Crippen molar-refractivity contribution in [3.63, 3.8) is 0 Å². The molecule has 110 valence electrons. The Morgan fingerprint density at radius 3 is 2.90 bits per heavy atom. The second-order valence-corrected chi connectivity index (χ2v) is 5.91. The third-order valence-corrected chi connectivity index (χ3v) is 4.01. The standard InChI is InChI=1S/C15H16ClN3O2/c1-8(2)19-15-11(7-17-19)10(6-14(21)18-15)9-3-4-13(20)12(16)5-9/h3-5,7-8,10,20H,6H2,1-2H3,(H,18,21)/t10-/m0/s1. The van der Waals surface area contributed by atoms with Gasteiger partial charge in [0.2, 0.25) is 5.91 Å². The zero-order valence-electron chi connectivity index (χ0n) is 11.8. The first-order chi connectivity index (χ1) is 9.97. The van der Waals surface area contributed by atoms with Crippen LogP contribution in [0.1, 0.15) is 43.4 Å². The van der Waals surface area contributed by atoms with Crippen LogP contribution in [0, 0.1) is 0 Å². The minimum atomic E-state index is -0.0978. The molecule has 21 heavy (non-hydrogen) atoms. The molecule has 1 aromatic heterocycles. The smallest absolute Gasteiger partial charge is 0.226 e. The number of hydrogen-bond donors (Lipinski definition) is 2. The molecule has 5 nitrogen and oxygen atoms in total. The molecule has 6 heteroatoms. The lowest BCUT2D eigenvalue weighted by atomic mass is 9.87. The molecule has 3 rings (SSSR count). The minimum Gasteiger partial charge on any atom is -0.506 e. The van der Waals surface area contributed by atoms with Gasteiger partial charge in [0, 0.05) is 23.9 Å². The van der Waals surface area contributed by atoms with E-state index in [1.165, 1.54) is 0 Å². The zero-order chi connectivity index (χ0) is 15.1. The van der Waals surface area contributed by atoms with E-state index in [0.717, 1.165) is 16.9 Å². The van der Waals surface area contributed by atoms with Crippen molar-refractivity contribution in [1.29, 1.82) is 0 Å². The number of phenolic OH excluding ortho intramolecular Hbond substituents is 1. The highest BCUT2D eigenvalue weighted by molar-refractivity contribution is 6.32. The Kier molecular flexibility index (Phi) is 3.37. The summed E-state index contributed by atoms with van der Waals surface area (Å²) < 4.78 is 1.81. The van der Waals surface area contributed by atoms with Crippen LogP contribution < -0.4 is 5.32 Å². The fourth-order valence-corrected chi connectivity index (χ4v) is 2.86. The van der Waals surface area contributed by atoms with Gasteiger partial charge < -0.3 is 10.4 Å². The predicted molar refractivity (Wildman–Crippen MR) is 80.8 cm³/mol. The number of amides is 1. The predicted octanol–water partition coefficient (Wildman–Crippen LogP) is 3.30. The molecule has 1 aliphatic rings. The van der Waals surface area contributed by atoms with Gasteiger partial charge in [0.25, 0.3) is 0 Å². The summed E-state index contributed by atoms with van der Waals surface area (Å²) in [6, 6.07) is 5.21. The fraction of sp³-hybridized carbons (Fsp3) is 0.333. The van der Waals surface area contributed by atoms with Crippen molar-refractivity contribution in [2.24, 2.45) is 0 Å². The fourth-order valence-electron chi connectivity index (χ4n) is 2.67. The molecule has 0 fully saturated rings. The molecule has 0 radical (unpaired) electrons. The number of benzene rings is 1. The summed E-state index contributed by atoms with van der Waals surface area (Å²) in [5.74, 6) is 0.646. The topological polar surface area (TPSA) is 67.2 Å². The van der Waals surface area contributed by atoms with Crippen molar-refractivity contribution in [1.82, 2.24) is 9.78 Å². The lowest BCUT2D eigenvalue weighted by Crippen LogP contribution is -2.25. The zero-order valence-corrected chi connectivity index (χ0v) is 12.6. The van der Waals surface area contributed by atoms with E-state index in [-0.39, 0.29) is 28.6 Å². The molecular formula is C15H16ClN3O2. The number of phenols is 1. The first-order valence-electron chi connectivity index (χ1n) is 6.83. The molecule has 2 heterocycles. The number of nitrogens with zero attached hydrogens (tertiary/aromatic N) is 2. The average Bonchev–Trinajstić information content (AvgIpc) is 2.84. The number of anilines is 1. The third-order valence-electron chi connectivity index (χ3n) is 3.71. The maximum absolute atomic E-state index is 12.0. The van der Waals surface area contributed by atoms with Crippen molar-refractivity contribution in [2.75, 3.05) is 5.32 Å². The summed E-state index contributed by atoms with van der Waals surface area (Å²) in [7, 11) is 0. The molecule has 1 atom stereocenters. The van der Waals surface area contributed by atoms with Gasteiger partial charge >= 0.3 is 0 Å². The molecule has 0 unspecified atom stereocenters. The van der Waals surface area contributed by atoms with Gasteiger partial charge in [0.15, 0.2) is 0 Å². The van der Waals surface area contributed by atoms with E-state index in [1.807, 2.05) is 13.8 Å². The van der Waals surface area contributed by atoms with Crippen LogP contribution in [0.5, 0.6) is 5.75 Å².